The number of aliphatic imine (C=N–C) groups is 1. The summed E-state index contributed by atoms with van der Waals surface area (Å²) in [5.41, 5.74) is 0.210. The number of piperidine rings is 2. The summed E-state index contributed by atoms with van der Waals surface area (Å²) in [7, 11) is 2.23. The second-order valence-corrected chi connectivity index (χ2v) is 8.71. The number of nitrogens with one attached hydrogen (secondary N) is 2. The van der Waals surface area contributed by atoms with Gasteiger partial charge in [0.2, 0.25) is 5.91 Å². The Morgan fingerprint density at radius 2 is 1.57 bits per heavy atom. The number of carbonyl (C=O) groups excluding carboxylic acids is 1. The third-order valence-electron chi connectivity index (χ3n) is 6.70. The van der Waals surface area contributed by atoms with Crippen molar-refractivity contribution in [1.29, 1.82) is 0 Å². The molecule has 2 N–H and O–H groups in total. The van der Waals surface area contributed by atoms with E-state index < -0.39 is 0 Å². The Morgan fingerprint density at radius 1 is 0.929 bits per heavy atom. The van der Waals surface area contributed by atoms with Gasteiger partial charge in [-0.3, -0.25) is 9.69 Å². The van der Waals surface area contributed by atoms with Crippen molar-refractivity contribution < 1.29 is 4.79 Å². The molecule has 0 aromatic heterocycles. The van der Waals surface area contributed by atoms with Crippen LogP contribution >= 0.6 is 0 Å². The Balaban J connectivity index is 1.61. The lowest BCUT2D eigenvalue weighted by Crippen LogP contribution is -2.62. The van der Waals surface area contributed by atoms with Crippen LogP contribution in [0.15, 0.2) is 4.99 Å². The van der Waals surface area contributed by atoms with Crippen molar-refractivity contribution in [3.05, 3.63) is 0 Å². The van der Waals surface area contributed by atoms with E-state index in [1.807, 2.05) is 4.90 Å². The number of hydrogen-bond donors (Lipinski definition) is 2. The van der Waals surface area contributed by atoms with E-state index in [0.29, 0.717) is 0 Å². The van der Waals surface area contributed by atoms with E-state index in [0.717, 1.165) is 58.1 Å². The van der Waals surface area contributed by atoms with E-state index in [9.17, 15) is 4.79 Å². The van der Waals surface area contributed by atoms with Gasteiger partial charge in [-0.1, -0.05) is 6.42 Å². The van der Waals surface area contributed by atoms with Gasteiger partial charge in [0.25, 0.3) is 0 Å². The van der Waals surface area contributed by atoms with Gasteiger partial charge in [-0.25, -0.2) is 4.99 Å². The first-order chi connectivity index (χ1) is 13.6. The van der Waals surface area contributed by atoms with Gasteiger partial charge in [0.05, 0.1) is 0 Å². The topological polar surface area (TPSA) is 63.2 Å². The highest BCUT2D eigenvalue weighted by Crippen LogP contribution is 2.30. The first-order valence-corrected chi connectivity index (χ1v) is 11.4. The summed E-state index contributed by atoms with van der Waals surface area (Å²) < 4.78 is 0. The van der Waals surface area contributed by atoms with Crippen LogP contribution < -0.4 is 10.6 Å². The lowest BCUT2D eigenvalue weighted by molar-refractivity contribution is -0.128. The second-order valence-electron chi connectivity index (χ2n) is 8.71. The Kier molecular flexibility index (Phi) is 7.97. The van der Waals surface area contributed by atoms with E-state index >= 15 is 0 Å². The number of carbonyl (C=O) groups is 1. The van der Waals surface area contributed by atoms with Crippen LogP contribution in [0, 0.1) is 0 Å². The van der Waals surface area contributed by atoms with Gasteiger partial charge in [0, 0.05) is 31.7 Å². The van der Waals surface area contributed by atoms with E-state index in [4.69, 9.17) is 0 Å². The Labute approximate surface area is 170 Å². The third kappa shape index (κ3) is 5.60. The molecule has 0 radical (unpaired) electrons. The maximum atomic E-state index is 12.4. The maximum absolute atomic E-state index is 12.4. The van der Waals surface area contributed by atoms with Gasteiger partial charge in [-0.05, 0) is 78.7 Å². The molecule has 7 heteroatoms. The van der Waals surface area contributed by atoms with Crippen molar-refractivity contribution >= 4 is 11.9 Å². The first kappa shape index (κ1) is 21.4. The number of rotatable bonds is 6. The largest absolute Gasteiger partial charge is 0.357 e. The smallest absolute Gasteiger partial charge is 0.244 e. The highest BCUT2D eigenvalue weighted by atomic mass is 16.2. The molecule has 1 amide bonds. The summed E-state index contributed by atoms with van der Waals surface area (Å²) in [5, 5.41) is 6.93. The third-order valence-corrected chi connectivity index (χ3v) is 6.70. The van der Waals surface area contributed by atoms with Crippen molar-refractivity contribution in [3.8, 4) is 0 Å². The standard InChI is InChI=1S/C21H40N6O/c1-3-22-20(23-17-19(28)26-11-7-8-12-26)24-18-21(9-15-25(2)16-10-21)27-13-5-4-6-14-27/h3-18H2,1-2H3,(H2,22,23,24). The summed E-state index contributed by atoms with van der Waals surface area (Å²) in [6, 6.07) is 0. The number of amides is 1. The van der Waals surface area contributed by atoms with Crippen LogP contribution in [-0.4, -0.2) is 98.1 Å². The van der Waals surface area contributed by atoms with Crippen LogP contribution in [0.2, 0.25) is 0 Å². The summed E-state index contributed by atoms with van der Waals surface area (Å²) >= 11 is 0. The molecule has 3 heterocycles. The number of hydrogen-bond acceptors (Lipinski definition) is 4. The summed E-state index contributed by atoms with van der Waals surface area (Å²) in [6.45, 7) is 10.6. The minimum Gasteiger partial charge on any atom is -0.357 e. The molecule has 3 saturated heterocycles. The molecule has 0 unspecified atom stereocenters. The second kappa shape index (κ2) is 10.4. The van der Waals surface area contributed by atoms with E-state index in [1.54, 1.807) is 0 Å². The van der Waals surface area contributed by atoms with E-state index in [-0.39, 0.29) is 18.0 Å². The molecule has 0 bridgehead atoms. The average molecular weight is 393 g/mol. The van der Waals surface area contributed by atoms with Crippen LogP contribution in [0.4, 0.5) is 0 Å². The number of likely N-dealkylation sites (tertiary alicyclic amines) is 3. The molecule has 3 aliphatic heterocycles. The molecule has 3 fully saturated rings. The van der Waals surface area contributed by atoms with E-state index in [2.05, 4.69) is 39.4 Å². The van der Waals surface area contributed by atoms with Crippen LogP contribution in [0.5, 0.6) is 0 Å². The molecule has 3 aliphatic rings. The Morgan fingerprint density at radius 3 is 2.21 bits per heavy atom. The van der Waals surface area contributed by atoms with Gasteiger partial charge in [0.1, 0.15) is 6.54 Å². The number of nitrogens with zero attached hydrogens (tertiary/aromatic N) is 4. The van der Waals surface area contributed by atoms with Gasteiger partial charge in [0.15, 0.2) is 5.96 Å². The zero-order valence-corrected chi connectivity index (χ0v) is 18.0. The minimum absolute atomic E-state index is 0.153. The zero-order chi connectivity index (χ0) is 19.8. The fourth-order valence-electron chi connectivity index (χ4n) is 4.81. The molecule has 160 valence electrons. The summed E-state index contributed by atoms with van der Waals surface area (Å²) in [4.78, 5) is 24.1. The van der Waals surface area contributed by atoms with Crippen molar-refractivity contribution in [2.75, 3.05) is 66.0 Å². The quantitative estimate of drug-likeness (QED) is 0.524. The fourth-order valence-corrected chi connectivity index (χ4v) is 4.81. The highest BCUT2D eigenvalue weighted by molar-refractivity contribution is 5.85. The highest BCUT2D eigenvalue weighted by Gasteiger charge is 2.39. The molecule has 0 atom stereocenters. The monoisotopic (exact) mass is 392 g/mol. The van der Waals surface area contributed by atoms with Gasteiger partial charge in [-0.15, -0.1) is 0 Å². The van der Waals surface area contributed by atoms with Crippen molar-refractivity contribution in [1.82, 2.24) is 25.3 Å². The van der Waals surface area contributed by atoms with Gasteiger partial charge < -0.3 is 20.4 Å². The van der Waals surface area contributed by atoms with Gasteiger partial charge in [-0.2, -0.15) is 0 Å². The average Bonchev–Trinajstić information content (AvgIpc) is 3.27. The van der Waals surface area contributed by atoms with Crippen LogP contribution in [0.3, 0.4) is 0 Å². The van der Waals surface area contributed by atoms with Gasteiger partial charge >= 0.3 is 0 Å². The predicted molar refractivity (Wildman–Crippen MR) is 115 cm³/mol. The Bertz CT molecular complexity index is 517. The summed E-state index contributed by atoms with van der Waals surface area (Å²) in [6.07, 6.45) is 8.64. The molecule has 28 heavy (non-hydrogen) atoms. The predicted octanol–water partition coefficient (Wildman–Crippen LogP) is 1.11. The van der Waals surface area contributed by atoms with Crippen molar-refractivity contribution in [2.45, 2.75) is 57.4 Å². The van der Waals surface area contributed by atoms with Crippen molar-refractivity contribution in [3.63, 3.8) is 0 Å². The molecule has 0 aliphatic carbocycles. The summed E-state index contributed by atoms with van der Waals surface area (Å²) in [5.74, 6) is 0.935. The molecular formula is C21H40N6O. The normalized spacial score (nSPS) is 24.4. The van der Waals surface area contributed by atoms with Crippen molar-refractivity contribution in [2.24, 2.45) is 4.99 Å². The van der Waals surface area contributed by atoms with Crippen LogP contribution in [0.25, 0.3) is 0 Å². The SMILES string of the molecule is CCNC(=NCC(=O)N1CCCC1)NCC1(N2CCCCC2)CCN(C)CC1. The number of guanidine groups is 1. The molecule has 0 saturated carbocycles. The lowest BCUT2D eigenvalue weighted by atomic mass is 9.84. The lowest BCUT2D eigenvalue weighted by Gasteiger charge is -2.50. The Hall–Kier alpha value is -1.34. The van der Waals surface area contributed by atoms with Crippen LogP contribution in [0.1, 0.15) is 51.9 Å². The fraction of sp³-hybridized carbons (Fsp3) is 0.905. The molecule has 0 aromatic carbocycles. The van der Waals surface area contributed by atoms with Crippen LogP contribution in [-0.2, 0) is 4.79 Å². The molecule has 0 aromatic rings. The molecule has 3 rings (SSSR count). The van der Waals surface area contributed by atoms with E-state index in [1.165, 1.54) is 45.2 Å². The molecule has 0 spiro atoms. The zero-order valence-electron chi connectivity index (χ0n) is 18.0. The minimum atomic E-state index is 0.153. The molecular weight excluding hydrogens is 352 g/mol. The maximum Gasteiger partial charge on any atom is 0.244 e. The molecule has 7 nitrogen and oxygen atoms in total. The first-order valence-electron chi connectivity index (χ1n) is 11.4.